The summed E-state index contributed by atoms with van der Waals surface area (Å²) in [7, 11) is 1.23. The molecule has 0 aliphatic carbocycles. The molecule has 0 spiro atoms. The fourth-order valence-electron chi connectivity index (χ4n) is 4.57. The maximum Gasteiger partial charge on any atom is 0.412 e. The molecule has 2 heterocycles. The molecule has 6 N–H and O–H groups in total. The second kappa shape index (κ2) is 17.3. The molecule has 2 aliphatic rings. The number of amides is 2. The zero-order chi connectivity index (χ0) is 33.1. The monoisotopic (exact) mass is 644 g/mol. The SMILES string of the molecule is CC.COC1OC(CO)[C@@H](OC2CC(O)[C@H](OC(=O)Nc3ccccc3F)C(COC(=O)Nc3ccccc3F)O2)C(O)C1O. The van der Waals surface area contributed by atoms with Gasteiger partial charge in [0.25, 0.3) is 0 Å². The number of para-hydroxylation sites is 2. The number of aliphatic hydroxyl groups is 4. The number of carbonyl (C=O) groups is 2. The van der Waals surface area contributed by atoms with E-state index in [4.69, 9.17) is 28.4 Å². The van der Waals surface area contributed by atoms with Crippen LogP contribution in [0.2, 0.25) is 0 Å². The fraction of sp³-hybridized carbons (Fsp3) is 0.517. The lowest BCUT2D eigenvalue weighted by atomic mass is 9.98. The van der Waals surface area contributed by atoms with Crippen molar-refractivity contribution in [1.82, 2.24) is 0 Å². The number of rotatable bonds is 9. The largest absolute Gasteiger partial charge is 0.446 e. The van der Waals surface area contributed by atoms with Crippen LogP contribution in [0.15, 0.2) is 48.5 Å². The van der Waals surface area contributed by atoms with Gasteiger partial charge >= 0.3 is 12.2 Å². The molecule has 7 unspecified atom stereocenters. The van der Waals surface area contributed by atoms with Crippen LogP contribution < -0.4 is 10.6 Å². The van der Waals surface area contributed by atoms with E-state index in [1.165, 1.54) is 43.5 Å². The van der Waals surface area contributed by atoms with Gasteiger partial charge in [0.1, 0.15) is 48.8 Å². The van der Waals surface area contributed by atoms with Crippen molar-refractivity contribution in [1.29, 1.82) is 0 Å². The third kappa shape index (κ3) is 9.51. The van der Waals surface area contributed by atoms with Gasteiger partial charge in [-0.2, -0.15) is 0 Å². The Bertz CT molecular complexity index is 1240. The van der Waals surface area contributed by atoms with E-state index in [1.54, 1.807) is 0 Å². The number of carbonyl (C=O) groups excluding carboxylic acids is 2. The Labute approximate surface area is 257 Å². The summed E-state index contributed by atoms with van der Waals surface area (Å²) in [5, 5.41) is 45.9. The van der Waals surface area contributed by atoms with Crippen LogP contribution in [0.25, 0.3) is 0 Å². The highest BCUT2D eigenvalue weighted by atomic mass is 19.1. The van der Waals surface area contributed by atoms with Crippen LogP contribution in [0.1, 0.15) is 20.3 Å². The van der Waals surface area contributed by atoms with Gasteiger partial charge in [0.15, 0.2) is 18.7 Å². The number of halogens is 2. The Morgan fingerprint density at radius 1 is 0.867 bits per heavy atom. The van der Waals surface area contributed by atoms with Crippen molar-refractivity contribution in [3.63, 3.8) is 0 Å². The molecule has 9 atom stereocenters. The van der Waals surface area contributed by atoms with Crippen molar-refractivity contribution in [2.75, 3.05) is 31.0 Å². The minimum absolute atomic E-state index is 0.176. The van der Waals surface area contributed by atoms with E-state index in [9.17, 15) is 38.8 Å². The summed E-state index contributed by atoms with van der Waals surface area (Å²) in [5.74, 6) is -1.48. The number of hydrogen-bond donors (Lipinski definition) is 6. The Kier molecular flexibility index (Phi) is 13.8. The number of nitrogens with one attached hydrogen (secondary N) is 2. The van der Waals surface area contributed by atoms with Gasteiger partial charge in [-0.1, -0.05) is 38.1 Å². The fourth-order valence-corrected chi connectivity index (χ4v) is 4.57. The summed E-state index contributed by atoms with van der Waals surface area (Å²) in [6.45, 7) is 2.70. The summed E-state index contributed by atoms with van der Waals surface area (Å²) in [6, 6.07) is 10.6. The Balaban J connectivity index is 0.00000271. The van der Waals surface area contributed by atoms with Crippen molar-refractivity contribution in [3.05, 3.63) is 60.2 Å². The Hall–Kier alpha value is -3.48. The van der Waals surface area contributed by atoms with Gasteiger partial charge in [-0.3, -0.25) is 10.6 Å². The van der Waals surface area contributed by atoms with E-state index in [0.717, 1.165) is 12.1 Å². The predicted octanol–water partition coefficient (Wildman–Crippen LogP) is 2.10. The second-order valence-corrected chi connectivity index (χ2v) is 9.63. The molecule has 0 radical (unpaired) electrons. The minimum Gasteiger partial charge on any atom is -0.446 e. The standard InChI is InChI=1S/C27H32F2N2O12.C2H6/c1-38-25-22(35)21(34)24(18(11-32)41-25)42-20-10-17(33)23(43-27(37)31-16-9-5-3-7-14(16)29)19(40-20)12-39-26(36)30-15-8-4-2-6-13(15)28;1-2/h2-9,17-25,32-35H,10-12H2,1H3,(H,30,36)(H,31,37);1-2H3/t17?,18?,19?,20?,21?,22?,23-,24+,25?;/m0./s1. The van der Waals surface area contributed by atoms with Gasteiger partial charge in [-0.25, -0.2) is 18.4 Å². The van der Waals surface area contributed by atoms with E-state index in [0.29, 0.717) is 0 Å². The number of anilines is 2. The molecule has 250 valence electrons. The summed E-state index contributed by atoms with van der Waals surface area (Å²) in [6.07, 6.45) is -15.4. The molecule has 2 fully saturated rings. The van der Waals surface area contributed by atoms with Crippen LogP contribution in [0.3, 0.4) is 0 Å². The molecule has 0 bridgehead atoms. The summed E-state index contributed by atoms with van der Waals surface area (Å²) >= 11 is 0. The molecule has 2 aliphatic heterocycles. The van der Waals surface area contributed by atoms with Crippen LogP contribution >= 0.6 is 0 Å². The lowest BCUT2D eigenvalue weighted by molar-refractivity contribution is -0.339. The van der Waals surface area contributed by atoms with Gasteiger partial charge in [0.2, 0.25) is 0 Å². The van der Waals surface area contributed by atoms with E-state index in [-0.39, 0.29) is 17.8 Å². The predicted molar refractivity (Wildman–Crippen MR) is 152 cm³/mol. The van der Waals surface area contributed by atoms with E-state index in [2.05, 4.69) is 10.6 Å². The highest BCUT2D eigenvalue weighted by molar-refractivity contribution is 5.85. The maximum absolute atomic E-state index is 14.0. The molecule has 14 nitrogen and oxygen atoms in total. The van der Waals surface area contributed by atoms with Gasteiger partial charge in [-0.05, 0) is 24.3 Å². The normalized spacial score (nSPS) is 29.5. The van der Waals surface area contributed by atoms with Crippen molar-refractivity contribution in [2.24, 2.45) is 0 Å². The van der Waals surface area contributed by atoms with Crippen LogP contribution in [0.4, 0.5) is 29.7 Å². The number of ether oxygens (including phenoxy) is 6. The average Bonchev–Trinajstić information content (AvgIpc) is 3.03. The number of benzene rings is 2. The van der Waals surface area contributed by atoms with Gasteiger partial charge in [-0.15, -0.1) is 0 Å². The zero-order valence-electron chi connectivity index (χ0n) is 24.7. The van der Waals surface area contributed by atoms with E-state index >= 15 is 0 Å². The summed E-state index contributed by atoms with van der Waals surface area (Å²) in [4.78, 5) is 25.0. The second-order valence-electron chi connectivity index (χ2n) is 9.63. The highest BCUT2D eigenvalue weighted by Gasteiger charge is 2.49. The first-order valence-corrected chi connectivity index (χ1v) is 14.2. The molecule has 2 saturated heterocycles. The first-order chi connectivity index (χ1) is 21.6. The van der Waals surface area contributed by atoms with E-state index in [1.807, 2.05) is 13.8 Å². The number of aliphatic hydroxyl groups excluding tert-OH is 4. The summed E-state index contributed by atoms with van der Waals surface area (Å²) < 4.78 is 60.3. The van der Waals surface area contributed by atoms with Gasteiger partial charge in [0, 0.05) is 13.5 Å². The van der Waals surface area contributed by atoms with Crippen LogP contribution in [0, 0.1) is 11.6 Å². The topological polar surface area (TPSA) is 194 Å². The molecular formula is C29H38F2N2O12. The molecule has 0 saturated carbocycles. The number of hydrogen-bond acceptors (Lipinski definition) is 12. The first kappa shape index (κ1) is 36.0. The lowest BCUT2D eigenvalue weighted by Gasteiger charge is -2.44. The molecule has 2 aromatic rings. The van der Waals surface area contributed by atoms with Crippen molar-refractivity contribution < 1.29 is 67.2 Å². The van der Waals surface area contributed by atoms with Crippen LogP contribution in [-0.2, 0) is 28.4 Å². The molecule has 2 amide bonds. The van der Waals surface area contributed by atoms with Crippen molar-refractivity contribution in [3.8, 4) is 0 Å². The quantitative estimate of drug-likeness (QED) is 0.233. The van der Waals surface area contributed by atoms with E-state index < -0.39 is 92.3 Å². The Morgan fingerprint density at radius 2 is 1.44 bits per heavy atom. The third-order valence-corrected chi connectivity index (χ3v) is 6.71. The first-order valence-electron chi connectivity index (χ1n) is 14.2. The lowest BCUT2D eigenvalue weighted by Crippen LogP contribution is -2.62. The smallest absolute Gasteiger partial charge is 0.412 e. The summed E-state index contributed by atoms with van der Waals surface area (Å²) in [5.41, 5.74) is -0.379. The molecule has 0 aromatic heterocycles. The van der Waals surface area contributed by atoms with Gasteiger partial charge < -0.3 is 48.8 Å². The molecule has 2 aromatic carbocycles. The third-order valence-electron chi connectivity index (χ3n) is 6.71. The average molecular weight is 645 g/mol. The highest BCUT2D eigenvalue weighted by Crippen LogP contribution is 2.30. The molecule has 4 rings (SSSR count). The Morgan fingerprint density at radius 3 is 2.00 bits per heavy atom. The van der Waals surface area contributed by atoms with Crippen LogP contribution in [0.5, 0.6) is 0 Å². The van der Waals surface area contributed by atoms with Crippen LogP contribution in [-0.4, -0.2) is 108 Å². The van der Waals surface area contributed by atoms with Crippen molar-refractivity contribution >= 4 is 23.6 Å². The molecule has 45 heavy (non-hydrogen) atoms. The maximum atomic E-state index is 14.0. The van der Waals surface area contributed by atoms with Gasteiger partial charge in [0.05, 0.1) is 24.1 Å². The zero-order valence-corrected chi connectivity index (χ0v) is 24.7. The molecular weight excluding hydrogens is 606 g/mol. The minimum atomic E-state index is -1.61. The molecule has 16 heteroatoms. The number of methoxy groups -OCH3 is 1. The van der Waals surface area contributed by atoms with Crippen molar-refractivity contribution in [2.45, 2.75) is 75.6 Å².